The van der Waals surface area contributed by atoms with Gasteiger partial charge < -0.3 is 21.3 Å². The molecule has 4 rings (SSSR count). The van der Waals surface area contributed by atoms with E-state index in [4.69, 9.17) is 26.8 Å². The molecule has 0 spiro atoms. The van der Waals surface area contributed by atoms with Crippen molar-refractivity contribution in [3.63, 3.8) is 0 Å². The molecule has 0 unspecified atom stereocenters. The van der Waals surface area contributed by atoms with Crippen molar-refractivity contribution in [1.82, 2.24) is 19.7 Å². The first-order chi connectivity index (χ1) is 15.8. The molecular weight excluding hydrogens is 417 g/mol. The number of nitriles is 1. The Morgan fingerprint density at radius 1 is 1.18 bits per heavy atom. The molecule has 0 fully saturated rings. The fourth-order valence-corrected chi connectivity index (χ4v) is 5.26. The largest absolute Gasteiger partial charge is 0.390 e. The molecule has 0 bridgehead atoms. The van der Waals surface area contributed by atoms with Crippen molar-refractivity contribution in [2.24, 2.45) is 11.5 Å². The Hall–Kier alpha value is -3.08. The molecule has 2 aromatic heterocycles. The number of pyridine rings is 1. The van der Waals surface area contributed by atoms with E-state index in [0.29, 0.717) is 12.4 Å². The predicted molar refractivity (Wildman–Crippen MR) is 152 cm³/mol. The van der Waals surface area contributed by atoms with Crippen LogP contribution in [0.15, 0.2) is 47.7 Å². The number of fused-ring (bicyclic) bond motifs is 2. The molecule has 4 heterocycles. The monoisotopic (exact) mass is 448 g/mol. The van der Waals surface area contributed by atoms with Gasteiger partial charge in [-0.15, -0.1) is 0 Å². The number of allylic oxidation sites excluding steroid dienone is 3. The zero-order chi connectivity index (χ0) is 25.1. The number of hydrogen-bond donors (Lipinski definition) is 2. The van der Waals surface area contributed by atoms with Crippen molar-refractivity contribution in [2.45, 2.75) is 35.8 Å². The Morgan fingerprint density at radius 3 is 2.56 bits per heavy atom. The van der Waals surface area contributed by atoms with E-state index in [1.54, 1.807) is 6.08 Å². The molecule has 0 atom stereocenters. The smallest absolute Gasteiger partial charge is 0.129 e. The molecule has 14 heteroatoms. The second-order valence-electron chi connectivity index (χ2n) is 10.9. The summed E-state index contributed by atoms with van der Waals surface area (Å²) in [5, 5.41) is 13.2. The zero-order valence-electron chi connectivity index (χ0n) is 21.3. The molecular formula is C20H30B6N8. The normalized spacial score (nSPS) is 21.1. The summed E-state index contributed by atoms with van der Waals surface area (Å²) in [4.78, 5) is 9.37. The zero-order valence-corrected chi connectivity index (χ0v) is 21.3. The molecule has 0 aromatic carbocycles. The maximum Gasteiger partial charge on any atom is 0.129 e. The summed E-state index contributed by atoms with van der Waals surface area (Å²) < 4.78 is 2.14. The Kier molecular flexibility index (Phi) is 5.66. The number of nitrogens with zero attached hydrogens (tertiary/aromatic N) is 6. The van der Waals surface area contributed by atoms with Gasteiger partial charge in [-0.05, 0) is 40.9 Å². The summed E-state index contributed by atoms with van der Waals surface area (Å²) in [6.07, 6.45) is 6.30. The van der Waals surface area contributed by atoms with Crippen LogP contribution in [0.3, 0.4) is 0 Å². The van der Waals surface area contributed by atoms with Gasteiger partial charge in [0, 0.05) is 31.3 Å². The van der Waals surface area contributed by atoms with Gasteiger partial charge in [-0.25, -0.2) is 0 Å². The topological polar surface area (TPSA) is 113 Å². The van der Waals surface area contributed by atoms with E-state index in [1.165, 1.54) is 0 Å². The van der Waals surface area contributed by atoms with Crippen LogP contribution in [-0.4, -0.2) is 78.6 Å². The van der Waals surface area contributed by atoms with Crippen LogP contribution in [0.2, 0.25) is 5.21 Å². The number of nitrogens with two attached hydrogens (primary N) is 2. The quantitative estimate of drug-likeness (QED) is 0.277. The van der Waals surface area contributed by atoms with E-state index < -0.39 is 0 Å². The van der Waals surface area contributed by atoms with Crippen LogP contribution in [0.4, 0.5) is 11.5 Å². The van der Waals surface area contributed by atoms with Gasteiger partial charge in [-0.1, -0.05) is 5.21 Å². The first-order valence-electron chi connectivity index (χ1n) is 11.7. The molecule has 2 aromatic rings. The highest BCUT2D eigenvalue weighted by atomic mass is 15.4. The molecule has 2 aliphatic heterocycles. The lowest BCUT2D eigenvalue weighted by Crippen LogP contribution is -2.70. The van der Waals surface area contributed by atoms with Crippen molar-refractivity contribution in [3.05, 3.63) is 59.0 Å². The number of hydrogen-bond acceptors (Lipinski definition) is 7. The fourth-order valence-electron chi connectivity index (χ4n) is 5.26. The third-order valence-corrected chi connectivity index (χ3v) is 8.53. The maximum absolute atomic E-state index is 8.99. The maximum atomic E-state index is 8.99. The predicted octanol–water partition coefficient (Wildman–Crippen LogP) is -4.48. The van der Waals surface area contributed by atoms with Gasteiger partial charge >= 0.3 is 0 Å². The van der Waals surface area contributed by atoms with Crippen molar-refractivity contribution in [1.29, 1.82) is 5.26 Å². The highest BCUT2D eigenvalue weighted by Crippen LogP contribution is 2.53. The lowest BCUT2D eigenvalue weighted by molar-refractivity contribution is 0.313. The Bertz CT molecular complexity index is 1240. The molecule has 0 saturated carbocycles. The van der Waals surface area contributed by atoms with E-state index >= 15 is 0 Å². The van der Waals surface area contributed by atoms with E-state index in [2.05, 4.69) is 73.7 Å². The second-order valence-corrected chi connectivity index (χ2v) is 10.9. The summed E-state index contributed by atoms with van der Waals surface area (Å²) in [5.41, 5.74) is 16.4. The lowest BCUT2D eigenvalue weighted by Gasteiger charge is -2.63. The number of anilines is 2. The average Bonchev–Trinajstić information content (AvgIpc) is 3.27. The van der Waals surface area contributed by atoms with Crippen LogP contribution in [-0.2, 0) is 18.3 Å². The van der Waals surface area contributed by atoms with Crippen LogP contribution < -0.4 is 16.4 Å². The Labute approximate surface area is 207 Å². The highest BCUT2D eigenvalue weighted by Gasteiger charge is 2.56. The van der Waals surface area contributed by atoms with Gasteiger partial charge in [0.2, 0.25) is 0 Å². The summed E-state index contributed by atoms with van der Waals surface area (Å²) in [7, 11) is 13.7. The van der Waals surface area contributed by atoms with Gasteiger partial charge in [0.1, 0.15) is 70.5 Å². The lowest BCUT2D eigenvalue weighted by atomic mass is 9.21. The van der Waals surface area contributed by atoms with Gasteiger partial charge in [-0.3, -0.25) is 9.67 Å². The highest BCUT2D eigenvalue weighted by molar-refractivity contribution is 6.62. The molecule has 0 saturated heterocycles. The summed E-state index contributed by atoms with van der Waals surface area (Å²) in [6, 6.07) is 6.27. The van der Waals surface area contributed by atoms with Crippen molar-refractivity contribution < 1.29 is 0 Å². The third-order valence-electron chi connectivity index (χ3n) is 8.53. The molecule has 168 valence electrons. The van der Waals surface area contributed by atoms with Gasteiger partial charge in [0.25, 0.3) is 0 Å². The van der Waals surface area contributed by atoms with E-state index in [-0.39, 0.29) is 21.6 Å². The van der Waals surface area contributed by atoms with Crippen LogP contribution in [0, 0.1) is 11.3 Å². The van der Waals surface area contributed by atoms with Crippen LogP contribution in [0.5, 0.6) is 0 Å². The molecule has 2 aliphatic rings. The summed E-state index contributed by atoms with van der Waals surface area (Å²) in [5.74, 6) is 1.70. The van der Waals surface area contributed by atoms with E-state index in [1.807, 2.05) is 25.4 Å². The van der Waals surface area contributed by atoms with E-state index in [0.717, 1.165) is 41.3 Å². The first-order valence-corrected chi connectivity index (χ1v) is 11.7. The summed E-state index contributed by atoms with van der Waals surface area (Å²) in [6.45, 7) is 3.30. The van der Waals surface area contributed by atoms with Crippen molar-refractivity contribution in [2.75, 3.05) is 11.4 Å². The average molecular weight is 447 g/mol. The van der Waals surface area contributed by atoms with Crippen LogP contribution in [0.1, 0.15) is 18.2 Å². The Morgan fingerprint density at radius 2 is 1.88 bits per heavy atom. The minimum atomic E-state index is -0.202. The molecule has 0 radical (unpaired) electrons. The number of aromatic nitrogens is 3. The van der Waals surface area contributed by atoms with Crippen molar-refractivity contribution in [3.8, 4) is 6.07 Å². The second kappa shape index (κ2) is 8.00. The third kappa shape index (κ3) is 3.44. The molecule has 4 N–H and O–H groups in total. The minimum absolute atomic E-state index is 0.0990. The minimum Gasteiger partial charge on any atom is -0.390 e. The summed E-state index contributed by atoms with van der Waals surface area (Å²) >= 11 is 0. The van der Waals surface area contributed by atoms with Gasteiger partial charge in [0.05, 0.1) is 18.1 Å². The number of rotatable bonds is 3. The van der Waals surface area contributed by atoms with Gasteiger partial charge in [0.15, 0.2) is 0 Å². The standard InChI is InChI=1S/C20H30B6N8/c1-11(6-13(28)8-27)17(29)32-5-3-15-12(10-32)7-14(9-30-15)33-16-2-4-31-34(16)20(25,26)18(21,22)19(33,23)24/h2,4,6-7,9H,3,5,10,21-26,28-29H2,1H3/b13-6-,17-11+. The first kappa shape index (κ1) is 24.1. The fraction of sp³-hybridized carbons (Fsp3) is 0.350. The van der Waals surface area contributed by atoms with Crippen LogP contribution >= 0.6 is 0 Å². The Balaban J connectivity index is 1.75. The van der Waals surface area contributed by atoms with E-state index in [9.17, 15) is 0 Å². The van der Waals surface area contributed by atoms with Crippen LogP contribution in [0.25, 0.3) is 0 Å². The van der Waals surface area contributed by atoms with Crippen molar-refractivity contribution >= 4 is 58.6 Å². The molecule has 34 heavy (non-hydrogen) atoms. The molecule has 0 aliphatic carbocycles. The molecule has 8 nitrogen and oxygen atoms in total. The van der Waals surface area contributed by atoms with Gasteiger partial charge in [-0.2, -0.15) is 10.4 Å². The molecule has 0 amide bonds. The SMILES string of the molecule is BC1(B)N(c2cnc3c(c2)CN(/C(N)=C(C)/C=C(\N)C#N)CC3)c2ccnn2C(B)(B)C1(B)B.